The Morgan fingerprint density at radius 3 is 1.72 bits per heavy atom. The van der Waals surface area contributed by atoms with Crippen molar-refractivity contribution >= 4 is 32.7 Å². The van der Waals surface area contributed by atoms with Gasteiger partial charge < -0.3 is 0 Å². The molecule has 2 rings (SSSR count). The van der Waals surface area contributed by atoms with Crippen molar-refractivity contribution in [1.82, 2.24) is 0 Å². The number of rotatable bonds is 9. The lowest BCUT2D eigenvalue weighted by atomic mass is 10.4. The molecule has 0 saturated carbocycles. The van der Waals surface area contributed by atoms with Gasteiger partial charge in [0, 0.05) is 18.9 Å². The molecule has 0 N–H and O–H groups in total. The van der Waals surface area contributed by atoms with Gasteiger partial charge in [-0.1, -0.05) is 96.3 Å². The molecule has 25 heavy (non-hydrogen) atoms. The van der Waals surface area contributed by atoms with E-state index < -0.39 is 0 Å². The minimum absolute atomic E-state index is 0.0577. The largest absolute Gasteiger partial charge is 0.297 e. The maximum atomic E-state index is 4.77. The third kappa shape index (κ3) is 6.65. The van der Waals surface area contributed by atoms with Crippen LogP contribution in [0.4, 0.5) is 0 Å². The molecule has 0 heterocycles. The molecule has 3 heteroatoms. The first-order valence-electron chi connectivity index (χ1n) is 9.21. The molecular formula is C22H31NP2. The molecule has 2 aromatic carbocycles. The maximum Gasteiger partial charge on any atom is 0.0430 e. The summed E-state index contributed by atoms with van der Waals surface area (Å²) in [5, 5.41) is 2.90. The van der Waals surface area contributed by atoms with Crippen molar-refractivity contribution in [2.75, 3.05) is 18.9 Å². The summed E-state index contributed by atoms with van der Waals surface area (Å²) in [7, 11) is -0.258. The summed E-state index contributed by atoms with van der Waals surface area (Å²) < 4.78 is 0. The molecule has 0 saturated heterocycles. The second kappa shape index (κ2) is 10.8. The summed E-state index contributed by atoms with van der Waals surface area (Å²) in [4.78, 5) is 4.77. The van der Waals surface area contributed by atoms with E-state index in [9.17, 15) is 0 Å². The van der Waals surface area contributed by atoms with Crippen molar-refractivity contribution in [3.05, 3.63) is 60.7 Å². The van der Waals surface area contributed by atoms with Crippen LogP contribution in [0.1, 0.15) is 27.7 Å². The van der Waals surface area contributed by atoms with Crippen molar-refractivity contribution in [1.29, 1.82) is 0 Å². The molecule has 0 aliphatic rings. The highest BCUT2D eigenvalue weighted by molar-refractivity contribution is 7.73. The highest BCUT2D eigenvalue weighted by Crippen LogP contribution is 2.44. The second-order valence-electron chi connectivity index (χ2n) is 6.80. The van der Waals surface area contributed by atoms with Gasteiger partial charge in [0.1, 0.15) is 0 Å². The van der Waals surface area contributed by atoms with Gasteiger partial charge in [-0.05, 0) is 36.0 Å². The molecule has 134 valence electrons. The fourth-order valence-electron chi connectivity index (χ4n) is 3.04. The Morgan fingerprint density at radius 1 is 0.800 bits per heavy atom. The molecule has 0 spiro atoms. The maximum absolute atomic E-state index is 4.77. The lowest BCUT2D eigenvalue weighted by Crippen LogP contribution is -2.15. The normalized spacial score (nSPS) is 12.2. The lowest BCUT2D eigenvalue weighted by Gasteiger charge is -2.24. The molecule has 0 radical (unpaired) electrons. The van der Waals surface area contributed by atoms with E-state index >= 15 is 0 Å². The van der Waals surface area contributed by atoms with Gasteiger partial charge >= 0.3 is 0 Å². The highest BCUT2D eigenvalue weighted by atomic mass is 31.1. The van der Waals surface area contributed by atoms with E-state index in [2.05, 4.69) is 94.6 Å². The van der Waals surface area contributed by atoms with Gasteiger partial charge in [-0.15, -0.1) is 0 Å². The van der Waals surface area contributed by atoms with Gasteiger partial charge in [-0.3, -0.25) is 4.99 Å². The predicted octanol–water partition coefficient (Wildman–Crippen LogP) is 5.49. The van der Waals surface area contributed by atoms with Crippen LogP contribution in [0.2, 0.25) is 0 Å². The van der Waals surface area contributed by atoms with Crippen LogP contribution in [0.5, 0.6) is 0 Å². The zero-order chi connectivity index (χ0) is 18.1. The third-order valence-electron chi connectivity index (χ3n) is 4.34. The van der Waals surface area contributed by atoms with Crippen LogP contribution >= 0.6 is 15.8 Å². The first kappa shape index (κ1) is 20.3. The standard InChI is InChI=1S/C22H31NP2/c1-19(2)24(20(3)4)17-15-23-16-18-25(21-11-7-5-8-12-21)22-13-9-6-10-14-22/h5-15,19-20H,16-18H2,1-4H3. The first-order valence-corrected chi connectivity index (χ1v) is 12.4. The predicted molar refractivity (Wildman–Crippen MR) is 119 cm³/mol. The van der Waals surface area contributed by atoms with E-state index in [1.165, 1.54) is 16.8 Å². The molecule has 0 unspecified atom stereocenters. The van der Waals surface area contributed by atoms with Crippen LogP contribution in [0.3, 0.4) is 0 Å². The van der Waals surface area contributed by atoms with Gasteiger partial charge in [0.2, 0.25) is 0 Å². The summed E-state index contributed by atoms with van der Waals surface area (Å²) in [6.45, 7) is 10.3. The van der Waals surface area contributed by atoms with Gasteiger partial charge in [-0.25, -0.2) is 0 Å². The third-order valence-corrected chi connectivity index (χ3v) is 10.1. The van der Waals surface area contributed by atoms with Crippen molar-refractivity contribution in [3.63, 3.8) is 0 Å². The van der Waals surface area contributed by atoms with E-state index in [1.807, 2.05) is 0 Å². The lowest BCUT2D eigenvalue weighted by molar-refractivity contribution is 1.01. The number of benzene rings is 2. The van der Waals surface area contributed by atoms with Crippen molar-refractivity contribution in [2.45, 2.75) is 39.0 Å². The van der Waals surface area contributed by atoms with Crippen LogP contribution in [-0.2, 0) is 0 Å². The average molecular weight is 371 g/mol. The van der Waals surface area contributed by atoms with Gasteiger partial charge in [0.15, 0.2) is 0 Å². The van der Waals surface area contributed by atoms with Crippen LogP contribution < -0.4 is 10.6 Å². The van der Waals surface area contributed by atoms with Crippen LogP contribution in [0.25, 0.3) is 0 Å². The number of hydrogen-bond acceptors (Lipinski definition) is 1. The number of aliphatic imine (C=N–C) groups is 1. The number of nitrogens with zero attached hydrogens (tertiary/aromatic N) is 1. The molecular weight excluding hydrogens is 340 g/mol. The summed E-state index contributed by atoms with van der Waals surface area (Å²) >= 11 is 0. The minimum Gasteiger partial charge on any atom is -0.297 e. The molecule has 0 bridgehead atoms. The summed E-state index contributed by atoms with van der Waals surface area (Å²) in [5.41, 5.74) is 1.57. The fraction of sp³-hybridized carbons (Fsp3) is 0.409. The van der Waals surface area contributed by atoms with Gasteiger partial charge in [0.05, 0.1) is 0 Å². The van der Waals surface area contributed by atoms with E-state index in [0.29, 0.717) is 0 Å². The first-order chi connectivity index (χ1) is 12.1. The zero-order valence-electron chi connectivity index (χ0n) is 16.0. The average Bonchev–Trinajstić information content (AvgIpc) is 2.62. The molecule has 0 aliphatic carbocycles. The topological polar surface area (TPSA) is 12.4 Å². The van der Waals surface area contributed by atoms with Crippen molar-refractivity contribution in [3.8, 4) is 0 Å². The smallest absolute Gasteiger partial charge is 0.0430 e. The zero-order valence-corrected chi connectivity index (χ0v) is 17.8. The number of hydrogen-bond donors (Lipinski definition) is 0. The Bertz CT molecular complexity index is 575. The summed E-state index contributed by atoms with van der Waals surface area (Å²) in [6, 6.07) is 21.8. The molecule has 0 atom stereocenters. The Labute approximate surface area is 156 Å². The molecule has 2 aromatic rings. The molecule has 0 fully saturated rings. The Balaban J connectivity index is 1.98. The SMILES string of the molecule is CC(C)P(CC=NCCP(c1ccccc1)c1ccccc1)C(C)C. The van der Waals surface area contributed by atoms with Gasteiger partial charge in [0.25, 0.3) is 0 Å². The van der Waals surface area contributed by atoms with Crippen LogP contribution in [0.15, 0.2) is 65.7 Å². The van der Waals surface area contributed by atoms with Crippen molar-refractivity contribution < 1.29 is 0 Å². The molecule has 0 amide bonds. The minimum atomic E-state index is -0.316. The summed E-state index contributed by atoms with van der Waals surface area (Å²) in [6.07, 6.45) is 4.50. The van der Waals surface area contributed by atoms with E-state index in [1.54, 1.807) is 0 Å². The second-order valence-corrected chi connectivity index (χ2v) is 12.6. The van der Waals surface area contributed by atoms with Crippen LogP contribution in [0, 0.1) is 0 Å². The van der Waals surface area contributed by atoms with Crippen LogP contribution in [-0.4, -0.2) is 36.4 Å². The van der Waals surface area contributed by atoms with E-state index in [4.69, 9.17) is 4.99 Å². The van der Waals surface area contributed by atoms with E-state index in [0.717, 1.165) is 24.0 Å². The quantitative estimate of drug-likeness (QED) is 0.408. The van der Waals surface area contributed by atoms with Crippen molar-refractivity contribution in [2.24, 2.45) is 4.99 Å². The molecule has 0 aliphatic heterocycles. The highest BCUT2D eigenvalue weighted by Gasteiger charge is 2.15. The molecule has 1 nitrogen and oxygen atoms in total. The Kier molecular flexibility index (Phi) is 8.80. The molecule has 0 aromatic heterocycles. The van der Waals surface area contributed by atoms with Gasteiger partial charge in [-0.2, -0.15) is 0 Å². The summed E-state index contributed by atoms with van der Waals surface area (Å²) in [5.74, 6) is 0. The fourth-order valence-corrected chi connectivity index (χ4v) is 7.58. The Morgan fingerprint density at radius 2 is 1.28 bits per heavy atom. The Hall–Kier alpha value is -1.03. The van der Waals surface area contributed by atoms with E-state index in [-0.39, 0.29) is 15.8 Å². The monoisotopic (exact) mass is 371 g/mol.